The second-order valence-electron chi connectivity index (χ2n) is 5.73. The number of carbonyl (C=O) groups is 1. The normalized spacial score (nSPS) is 30.3. The van der Waals surface area contributed by atoms with Crippen LogP contribution < -0.4 is 0 Å². The van der Waals surface area contributed by atoms with Crippen LogP contribution in [0.2, 0.25) is 0 Å². The number of hydrogen-bond acceptors (Lipinski definition) is 1. The van der Waals surface area contributed by atoms with Gasteiger partial charge in [0.05, 0.1) is 0 Å². The highest BCUT2D eigenvalue weighted by Gasteiger charge is 2.47. The lowest BCUT2D eigenvalue weighted by molar-refractivity contribution is -0.132. The molecule has 0 aromatic heterocycles. The Balaban J connectivity index is 2.50. The molecule has 1 aliphatic rings. The number of carbonyl (C=O) groups excluding carboxylic acids is 1. The highest BCUT2D eigenvalue weighted by molar-refractivity contribution is 5.91. The average molecular weight is 208 g/mol. The van der Waals surface area contributed by atoms with Crippen molar-refractivity contribution in [3.8, 4) is 0 Å². The zero-order valence-corrected chi connectivity index (χ0v) is 10.6. The minimum atomic E-state index is -0.0741. The van der Waals surface area contributed by atoms with E-state index in [4.69, 9.17) is 0 Å². The lowest BCUT2D eigenvalue weighted by atomic mass is 9.78. The first-order valence-corrected chi connectivity index (χ1v) is 6.08. The lowest BCUT2D eigenvalue weighted by Crippen LogP contribution is -2.29. The van der Waals surface area contributed by atoms with Crippen LogP contribution in [0.1, 0.15) is 59.8 Å². The highest BCUT2D eigenvalue weighted by atomic mass is 16.1. The number of ketones is 1. The molecule has 0 aromatic carbocycles. The van der Waals surface area contributed by atoms with Crippen LogP contribution in [0, 0.1) is 10.8 Å². The van der Waals surface area contributed by atoms with Gasteiger partial charge in [-0.15, -0.1) is 0 Å². The first kappa shape index (κ1) is 12.5. The number of Topliss-reactive ketones (excluding diaryl/α,β-unsaturated/α-hetero) is 1. The molecule has 1 fully saturated rings. The third kappa shape index (κ3) is 2.70. The van der Waals surface area contributed by atoms with E-state index < -0.39 is 0 Å². The van der Waals surface area contributed by atoms with Gasteiger partial charge in [-0.3, -0.25) is 4.79 Å². The summed E-state index contributed by atoms with van der Waals surface area (Å²) in [5, 5.41) is 0. The zero-order chi connectivity index (χ0) is 11.5. The summed E-state index contributed by atoms with van der Waals surface area (Å²) in [6.45, 7) is 8.38. The standard InChI is InChI=1S/C14H24O/c1-5-6-7-8-9-14(4)11-10-13(2,3)12(14)15/h5-6H,7-11H2,1-4H3/b6-5+. The molecule has 1 heteroatoms. The third-order valence-corrected chi connectivity index (χ3v) is 3.80. The fourth-order valence-corrected chi connectivity index (χ4v) is 2.65. The van der Waals surface area contributed by atoms with Crippen molar-refractivity contribution in [1.29, 1.82) is 0 Å². The minimum Gasteiger partial charge on any atom is -0.298 e. The molecule has 0 heterocycles. The molecule has 0 aliphatic heterocycles. The van der Waals surface area contributed by atoms with Crippen LogP contribution in [0.25, 0.3) is 0 Å². The Morgan fingerprint density at radius 3 is 2.40 bits per heavy atom. The van der Waals surface area contributed by atoms with E-state index in [-0.39, 0.29) is 10.8 Å². The fourth-order valence-electron chi connectivity index (χ4n) is 2.65. The molecule has 0 bridgehead atoms. The Bertz CT molecular complexity index is 263. The molecule has 0 N–H and O–H groups in total. The van der Waals surface area contributed by atoms with Gasteiger partial charge in [-0.1, -0.05) is 32.9 Å². The molecule has 0 amide bonds. The van der Waals surface area contributed by atoms with Crippen molar-refractivity contribution >= 4 is 5.78 Å². The number of hydrogen-bond donors (Lipinski definition) is 0. The van der Waals surface area contributed by atoms with Gasteiger partial charge in [0.25, 0.3) is 0 Å². The Morgan fingerprint density at radius 2 is 1.93 bits per heavy atom. The van der Waals surface area contributed by atoms with Gasteiger partial charge < -0.3 is 0 Å². The molecular weight excluding hydrogens is 184 g/mol. The molecule has 1 aliphatic carbocycles. The van der Waals surface area contributed by atoms with Crippen LogP contribution >= 0.6 is 0 Å². The lowest BCUT2D eigenvalue weighted by Gasteiger charge is -2.24. The Hall–Kier alpha value is -0.590. The molecule has 0 aromatic rings. The van der Waals surface area contributed by atoms with E-state index in [1.807, 2.05) is 6.92 Å². The molecule has 1 saturated carbocycles. The first-order chi connectivity index (χ1) is 6.92. The van der Waals surface area contributed by atoms with E-state index in [1.54, 1.807) is 0 Å². The van der Waals surface area contributed by atoms with Gasteiger partial charge in [-0.2, -0.15) is 0 Å². The van der Waals surface area contributed by atoms with Crippen LogP contribution in [0.5, 0.6) is 0 Å². The maximum Gasteiger partial charge on any atom is 0.144 e. The maximum absolute atomic E-state index is 12.2. The summed E-state index contributed by atoms with van der Waals surface area (Å²) in [4.78, 5) is 12.2. The summed E-state index contributed by atoms with van der Waals surface area (Å²) in [5.74, 6) is 0.482. The van der Waals surface area contributed by atoms with E-state index in [0.717, 1.165) is 32.1 Å². The molecule has 86 valence electrons. The van der Waals surface area contributed by atoms with Crippen molar-refractivity contribution in [2.24, 2.45) is 10.8 Å². The highest BCUT2D eigenvalue weighted by Crippen LogP contribution is 2.48. The monoisotopic (exact) mass is 208 g/mol. The summed E-state index contributed by atoms with van der Waals surface area (Å²) in [7, 11) is 0. The summed E-state index contributed by atoms with van der Waals surface area (Å²) >= 11 is 0. The molecule has 0 saturated heterocycles. The molecule has 1 atom stereocenters. The van der Waals surface area contributed by atoms with Crippen molar-refractivity contribution in [3.05, 3.63) is 12.2 Å². The largest absolute Gasteiger partial charge is 0.298 e. The van der Waals surface area contributed by atoms with Crippen molar-refractivity contribution in [1.82, 2.24) is 0 Å². The SMILES string of the molecule is C/C=C/CCCC1(C)CCC(C)(C)C1=O. The summed E-state index contributed by atoms with van der Waals surface area (Å²) in [5.41, 5.74) is -0.111. The van der Waals surface area contributed by atoms with E-state index >= 15 is 0 Å². The van der Waals surface area contributed by atoms with Crippen molar-refractivity contribution in [3.63, 3.8) is 0 Å². The van der Waals surface area contributed by atoms with Gasteiger partial charge in [0, 0.05) is 10.8 Å². The fraction of sp³-hybridized carbons (Fsp3) is 0.786. The predicted molar refractivity (Wildman–Crippen MR) is 64.8 cm³/mol. The van der Waals surface area contributed by atoms with Gasteiger partial charge in [-0.05, 0) is 39.0 Å². The minimum absolute atomic E-state index is 0.0366. The van der Waals surface area contributed by atoms with Crippen LogP contribution in [-0.2, 0) is 4.79 Å². The van der Waals surface area contributed by atoms with Crippen LogP contribution in [0.15, 0.2) is 12.2 Å². The molecule has 1 unspecified atom stereocenters. The quantitative estimate of drug-likeness (QED) is 0.501. The van der Waals surface area contributed by atoms with Crippen molar-refractivity contribution in [2.75, 3.05) is 0 Å². The van der Waals surface area contributed by atoms with E-state index in [2.05, 4.69) is 32.9 Å². The van der Waals surface area contributed by atoms with Gasteiger partial charge in [0.2, 0.25) is 0 Å². The zero-order valence-electron chi connectivity index (χ0n) is 10.6. The van der Waals surface area contributed by atoms with Crippen LogP contribution in [-0.4, -0.2) is 5.78 Å². The molecular formula is C14H24O. The Morgan fingerprint density at radius 1 is 1.27 bits per heavy atom. The number of unbranched alkanes of at least 4 members (excludes halogenated alkanes) is 1. The number of rotatable bonds is 4. The van der Waals surface area contributed by atoms with Crippen LogP contribution in [0.4, 0.5) is 0 Å². The van der Waals surface area contributed by atoms with E-state index in [1.165, 1.54) is 0 Å². The third-order valence-electron chi connectivity index (χ3n) is 3.80. The Labute approximate surface area is 93.9 Å². The summed E-state index contributed by atoms with van der Waals surface area (Å²) < 4.78 is 0. The topological polar surface area (TPSA) is 17.1 Å². The van der Waals surface area contributed by atoms with Gasteiger partial charge in [0.1, 0.15) is 5.78 Å². The predicted octanol–water partition coefficient (Wildman–Crippen LogP) is 4.13. The molecule has 0 spiro atoms. The first-order valence-electron chi connectivity index (χ1n) is 6.08. The van der Waals surface area contributed by atoms with Gasteiger partial charge in [0.15, 0.2) is 0 Å². The molecule has 0 radical (unpaired) electrons. The molecule has 15 heavy (non-hydrogen) atoms. The van der Waals surface area contributed by atoms with Crippen LogP contribution in [0.3, 0.4) is 0 Å². The Kier molecular flexibility index (Phi) is 3.75. The van der Waals surface area contributed by atoms with Gasteiger partial charge in [-0.25, -0.2) is 0 Å². The van der Waals surface area contributed by atoms with Crippen molar-refractivity contribution in [2.45, 2.75) is 59.8 Å². The number of allylic oxidation sites excluding steroid dienone is 2. The average Bonchev–Trinajstić information content (AvgIpc) is 2.39. The second-order valence-corrected chi connectivity index (χ2v) is 5.73. The van der Waals surface area contributed by atoms with Crippen molar-refractivity contribution < 1.29 is 4.79 Å². The van der Waals surface area contributed by atoms with E-state index in [0.29, 0.717) is 5.78 Å². The maximum atomic E-state index is 12.2. The molecule has 1 nitrogen and oxygen atoms in total. The molecule has 1 rings (SSSR count). The second kappa shape index (κ2) is 4.51. The van der Waals surface area contributed by atoms with E-state index in [9.17, 15) is 4.79 Å². The van der Waals surface area contributed by atoms with Gasteiger partial charge >= 0.3 is 0 Å². The summed E-state index contributed by atoms with van der Waals surface area (Å²) in [6, 6.07) is 0. The summed E-state index contributed by atoms with van der Waals surface area (Å²) in [6.07, 6.45) is 9.72. The smallest absolute Gasteiger partial charge is 0.144 e.